The Morgan fingerprint density at radius 1 is 0.562 bits per heavy atom. The lowest BCUT2D eigenvalue weighted by Crippen LogP contribution is -1.97. The predicted molar refractivity (Wildman–Crippen MR) is 206 cm³/mol. The number of aliphatic imine (C=N–C) groups is 1. The van der Waals surface area contributed by atoms with Crippen LogP contribution in [-0.2, 0) is 0 Å². The van der Waals surface area contributed by atoms with Crippen molar-refractivity contribution >= 4 is 49.2 Å². The van der Waals surface area contributed by atoms with Gasteiger partial charge in [-0.2, -0.15) is 0 Å². The van der Waals surface area contributed by atoms with E-state index >= 15 is 0 Å². The number of benzene rings is 6. The molecule has 0 unspecified atom stereocenters. The van der Waals surface area contributed by atoms with E-state index in [0.29, 0.717) is 0 Å². The average molecular weight is 633 g/mol. The van der Waals surface area contributed by atoms with Crippen LogP contribution in [-0.4, -0.2) is 10.7 Å². The van der Waals surface area contributed by atoms with Crippen molar-refractivity contribution in [3.8, 4) is 33.5 Å². The number of aromatic nitrogens is 1. The molecule has 228 valence electrons. The van der Waals surface area contributed by atoms with Crippen molar-refractivity contribution in [2.75, 3.05) is 0 Å². The third-order valence-electron chi connectivity index (χ3n) is 8.87. The molecular formula is C45H32N2S. The molecule has 0 radical (unpaired) electrons. The van der Waals surface area contributed by atoms with E-state index in [4.69, 9.17) is 9.98 Å². The molecule has 2 aromatic heterocycles. The molecule has 0 atom stereocenters. The number of nitrogens with zero attached hydrogens (tertiary/aromatic N) is 2. The van der Waals surface area contributed by atoms with Gasteiger partial charge in [0.05, 0.1) is 16.3 Å². The fourth-order valence-electron chi connectivity index (χ4n) is 6.32. The van der Waals surface area contributed by atoms with Crippen LogP contribution >= 0.6 is 11.3 Å². The first-order chi connectivity index (χ1) is 23.6. The van der Waals surface area contributed by atoms with Crippen LogP contribution in [0.1, 0.15) is 22.9 Å². The van der Waals surface area contributed by atoms with Crippen LogP contribution in [0.15, 0.2) is 175 Å². The largest absolute Gasteiger partial charge is 0.256 e. The van der Waals surface area contributed by atoms with Crippen LogP contribution in [0.2, 0.25) is 0 Å². The Morgan fingerprint density at radius 2 is 1.17 bits per heavy atom. The molecule has 0 saturated carbocycles. The topological polar surface area (TPSA) is 25.2 Å². The van der Waals surface area contributed by atoms with Crippen LogP contribution in [0.4, 0.5) is 5.69 Å². The zero-order chi connectivity index (χ0) is 32.5. The van der Waals surface area contributed by atoms with E-state index in [1.807, 2.05) is 12.3 Å². The van der Waals surface area contributed by atoms with Crippen molar-refractivity contribution in [3.05, 3.63) is 187 Å². The second-order valence-corrected chi connectivity index (χ2v) is 13.0. The molecule has 8 rings (SSSR count). The zero-order valence-corrected chi connectivity index (χ0v) is 27.4. The maximum atomic E-state index is 5.37. The van der Waals surface area contributed by atoms with Crippen LogP contribution in [0.25, 0.3) is 59.9 Å². The molecule has 0 saturated heterocycles. The lowest BCUT2D eigenvalue weighted by Gasteiger charge is -2.12. The summed E-state index contributed by atoms with van der Waals surface area (Å²) in [5.41, 5.74) is 11.8. The molecule has 48 heavy (non-hydrogen) atoms. The van der Waals surface area contributed by atoms with Gasteiger partial charge in [-0.3, -0.25) is 9.98 Å². The van der Waals surface area contributed by atoms with Crippen molar-refractivity contribution in [1.82, 2.24) is 4.98 Å². The maximum Gasteiger partial charge on any atom is 0.0897 e. The van der Waals surface area contributed by atoms with Gasteiger partial charge in [0.1, 0.15) is 0 Å². The summed E-state index contributed by atoms with van der Waals surface area (Å²) in [6.45, 7) is 6.64. The first-order valence-electron chi connectivity index (χ1n) is 16.1. The maximum absolute atomic E-state index is 5.37. The summed E-state index contributed by atoms with van der Waals surface area (Å²) in [7, 11) is 0. The van der Waals surface area contributed by atoms with E-state index in [1.54, 1.807) is 11.3 Å². The number of thiophene rings is 1. The highest BCUT2D eigenvalue weighted by molar-refractivity contribution is 7.20. The monoisotopic (exact) mass is 632 g/mol. The molecule has 2 nitrogen and oxygen atoms in total. The number of pyridine rings is 1. The fraction of sp³-hybridized carbons (Fsp3) is 0.0222. The van der Waals surface area contributed by atoms with Gasteiger partial charge < -0.3 is 0 Å². The standard InChI is InChI=1S/C45H32N2S/c1-30(32-13-5-3-6-14-32)45-44(41-19-11-12-20-42(41)48-45)47-31(2)37-27-38(33-15-7-4-8-16-33)29-39(28-37)34-21-23-36(24-22-34)43-40-18-10-9-17-35(40)25-26-46-43/h3-29H,1H2,2H3. The van der Waals surface area contributed by atoms with Crippen molar-refractivity contribution in [2.45, 2.75) is 6.92 Å². The summed E-state index contributed by atoms with van der Waals surface area (Å²) < 4.78 is 1.20. The number of rotatable bonds is 7. The number of hydrogen-bond donors (Lipinski definition) is 0. The Morgan fingerprint density at radius 3 is 1.92 bits per heavy atom. The van der Waals surface area contributed by atoms with E-state index in [-0.39, 0.29) is 0 Å². The van der Waals surface area contributed by atoms with Crippen LogP contribution in [0.5, 0.6) is 0 Å². The number of hydrogen-bond acceptors (Lipinski definition) is 3. The van der Waals surface area contributed by atoms with Crippen LogP contribution < -0.4 is 0 Å². The first kappa shape index (κ1) is 29.5. The van der Waals surface area contributed by atoms with Gasteiger partial charge in [-0.05, 0) is 81.6 Å². The minimum absolute atomic E-state index is 0.955. The fourth-order valence-corrected chi connectivity index (χ4v) is 7.46. The van der Waals surface area contributed by atoms with Gasteiger partial charge in [0, 0.05) is 32.9 Å². The second kappa shape index (κ2) is 12.7. The molecule has 0 spiro atoms. The van der Waals surface area contributed by atoms with E-state index in [9.17, 15) is 0 Å². The van der Waals surface area contributed by atoms with Gasteiger partial charge in [-0.1, -0.05) is 134 Å². The molecule has 6 aromatic carbocycles. The minimum Gasteiger partial charge on any atom is -0.256 e. The van der Waals surface area contributed by atoms with Crippen LogP contribution in [0.3, 0.4) is 0 Å². The number of fused-ring (bicyclic) bond motifs is 2. The van der Waals surface area contributed by atoms with Crippen LogP contribution in [0, 0.1) is 0 Å². The highest BCUT2D eigenvalue weighted by Crippen LogP contribution is 2.44. The molecule has 0 aliphatic heterocycles. The molecular weight excluding hydrogens is 601 g/mol. The Bertz CT molecular complexity index is 2450. The normalized spacial score (nSPS) is 11.6. The van der Waals surface area contributed by atoms with Crippen molar-refractivity contribution < 1.29 is 0 Å². The van der Waals surface area contributed by atoms with Crippen molar-refractivity contribution in [2.24, 2.45) is 4.99 Å². The van der Waals surface area contributed by atoms with Gasteiger partial charge in [0.15, 0.2) is 0 Å². The SMILES string of the molecule is C=C(c1ccccc1)c1sc2ccccc2c1N=C(C)c1cc(-c2ccccc2)cc(-c2ccc(-c3nccc4ccccc34)cc2)c1. The van der Waals surface area contributed by atoms with Gasteiger partial charge in [0.2, 0.25) is 0 Å². The lowest BCUT2D eigenvalue weighted by molar-refractivity contribution is 1.36. The first-order valence-corrected chi connectivity index (χ1v) is 16.9. The molecule has 3 heteroatoms. The summed E-state index contributed by atoms with van der Waals surface area (Å²) in [5, 5.41) is 3.49. The van der Waals surface area contributed by atoms with Crippen molar-refractivity contribution in [1.29, 1.82) is 0 Å². The predicted octanol–water partition coefficient (Wildman–Crippen LogP) is 12.7. The van der Waals surface area contributed by atoms with Crippen molar-refractivity contribution in [3.63, 3.8) is 0 Å². The van der Waals surface area contributed by atoms with Gasteiger partial charge in [0.25, 0.3) is 0 Å². The quantitative estimate of drug-likeness (QED) is 0.161. The van der Waals surface area contributed by atoms with E-state index in [1.165, 1.54) is 15.6 Å². The summed E-state index contributed by atoms with van der Waals surface area (Å²) in [5.74, 6) is 0. The molecule has 0 amide bonds. The molecule has 0 bridgehead atoms. The third-order valence-corrected chi connectivity index (χ3v) is 10.1. The van der Waals surface area contributed by atoms with E-state index < -0.39 is 0 Å². The third kappa shape index (κ3) is 5.66. The Hall–Kier alpha value is -5.90. The Kier molecular flexibility index (Phi) is 7.81. The van der Waals surface area contributed by atoms with E-state index in [2.05, 4.69) is 165 Å². The molecule has 8 aromatic rings. The summed E-state index contributed by atoms with van der Waals surface area (Å²) in [6, 6.07) is 55.5. The van der Waals surface area contributed by atoms with Gasteiger partial charge in [-0.15, -0.1) is 11.3 Å². The molecule has 0 N–H and O–H groups in total. The van der Waals surface area contributed by atoms with Gasteiger partial charge in [-0.25, -0.2) is 0 Å². The summed E-state index contributed by atoms with van der Waals surface area (Å²) in [4.78, 5) is 11.2. The highest BCUT2D eigenvalue weighted by atomic mass is 32.1. The smallest absolute Gasteiger partial charge is 0.0897 e. The average Bonchev–Trinajstić information content (AvgIpc) is 3.52. The molecule has 0 aliphatic carbocycles. The molecule has 0 fully saturated rings. The summed E-state index contributed by atoms with van der Waals surface area (Å²) >= 11 is 1.75. The highest BCUT2D eigenvalue weighted by Gasteiger charge is 2.17. The Labute approximate surface area is 285 Å². The summed E-state index contributed by atoms with van der Waals surface area (Å²) in [6.07, 6.45) is 1.89. The van der Waals surface area contributed by atoms with E-state index in [0.717, 1.165) is 71.7 Å². The molecule has 2 heterocycles. The second-order valence-electron chi connectivity index (χ2n) is 11.9. The van der Waals surface area contributed by atoms with Gasteiger partial charge >= 0.3 is 0 Å². The Balaban J connectivity index is 1.24. The molecule has 0 aliphatic rings. The minimum atomic E-state index is 0.955. The zero-order valence-electron chi connectivity index (χ0n) is 26.6. The lowest BCUT2D eigenvalue weighted by atomic mass is 9.93.